The van der Waals surface area contributed by atoms with Crippen LogP contribution in [0.3, 0.4) is 0 Å². The summed E-state index contributed by atoms with van der Waals surface area (Å²) >= 11 is 0. The largest absolute Gasteiger partial charge is 0.496 e. The lowest BCUT2D eigenvalue weighted by Gasteiger charge is -2.35. The van der Waals surface area contributed by atoms with Gasteiger partial charge in [-0.1, -0.05) is 18.2 Å². The summed E-state index contributed by atoms with van der Waals surface area (Å²) in [7, 11) is 1.65. The number of aryl methyl sites for hydroxylation is 2. The zero-order valence-electron chi connectivity index (χ0n) is 18.1. The molecule has 0 spiro atoms. The molecule has 0 saturated carbocycles. The number of aromatic nitrogens is 2. The molecule has 160 valence electrons. The molecule has 1 aliphatic heterocycles. The van der Waals surface area contributed by atoms with E-state index in [0.717, 1.165) is 34.1 Å². The molecular formula is C24H27N5O2. The van der Waals surface area contributed by atoms with Crippen molar-refractivity contribution in [2.75, 3.05) is 43.5 Å². The minimum absolute atomic E-state index is 0.0690. The minimum atomic E-state index is -0.0690. The molecule has 2 aromatic carbocycles. The van der Waals surface area contributed by atoms with Gasteiger partial charge in [-0.2, -0.15) is 0 Å². The maximum atomic E-state index is 12.6. The van der Waals surface area contributed by atoms with Crippen molar-refractivity contribution in [1.29, 1.82) is 0 Å². The molecule has 1 fully saturated rings. The van der Waals surface area contributed by atoms with E-state index >= 15 is 0 Å². The van der Waals surface area contributed by atoms with E-state index < -0.39 is 0 Å². The molecule has 0 unspecified atom stereocenters. The molecule has 1 saturated heterocycles. The zero-order valence-corrected chi connectivity index (χ0v) is 18.1. The molecule has 0 bridgehead atoms. The molecule has 1 aliphatic rings. The Bertz CT molecular complexity index is 1060. The van der Waals surface area contributed by atoms with E-state index in [1.807, 2.05) is 66.4 Å². The molecule has 7 nitrogen and oxygen atoms in total. The Morgan fingerprint density at radius 1 is 0.935 bits per heavy atom. The van der Waals surface area contributed by atoms with Crippen LogP contribution in [0, 0.1) is 13.8 Å². The number of rotatable bonds is 4. The molecule has 2 heterocycles. The first-order valence-electron chi connectivity index (χ1n) is 10.4. The first-order valence-corrected chi connectivity index (χ1v) is 10.4. The third-order valence-electron chi connectivity index (χ3n) is 5.68. The van der Waals surface area contributed by atoms with Gasteiger partial charge in [-0.3, -0.25) is 0 Å². The normalized spacial score (nSPS) is 13.8. The molecule has 0 radical (unpaired) electrons. The lowest BCUT2D eigenvalue weighted by atomic mass is 10.1. The Morgan fingerprint density at radius 2 is 1.71 bits per heavy atom. The van der Waals surface area contributed by atoms with E-state index in [1.54, 1.807) is 7.11 Å². The number of benzene rings is 2. The van der Waals surface area contributed by atoms with Gasteiger partial charge in [-0.25, -0.2) is 4.79 Å². The first kappa shape index (κ1) is 20.7. The molecule has 4 rings (SSSR count). The fourth-order valence-corrected chi connectivity index (χ4v) is 3.65. The maximum Gasteiger partial charge on any atom is 0.321 e. The van der Waals surface area contributed by atoms with Gasteiger partial charge in [0.25, 0.3) is 0 Å². The molecule has 0 aliphatic carbocycles. The molecule has 31 heavy (non-hydrogen) atoms. The van der Waals surface area contributed by atoms with Crippen molar-refractivity contribution in [1.82, 2.24) is 15.1 Å². The van der Waals surface area contributed by atoms with E-state index in [2.05, 4.69) is 27.3 Å². The van der Waals surface area contributed by atoms with Gasteiger partial charge in [0, 0.05) is 37.4 Å². The monoisotopic (exact) mass is 417 g/mol. The SMILES string of the molecule is COc1ccccc1-c1ccc(N2CCN(C(=O)Nc3ccc(C)c(C)c3)CC2)nn1. The number of carbonyl (C=O) groups excluding carboxylic acids is 1. The van der Waals surface area contributed by atoms with Crippen LogP contribution in [0.1, 0.15) is 11.1 Å². The van der Waals surface area contributed by atoms with Gasteiger partial charge in [0.15, 0.2) is 5.82 Å². The van der Waals surface area contributed by atoms with Crippen LogP contribution in [0.25, 0.3) is 11.3 Å². The number of urea groups is 1. The number of hydrogen-bond donors (Lipinski definition) is 1. The second kappa shape index (κ2) is 9.04. The van der Waals surface area contributed by atoms with Crippen LogP contribution >= 0.6 is 0 Å². The Kier molecular flexibility index (Phi) is 6.02. The average Bonchev–Trinajstić information content (AvgIpc) is 2.81. The van der Waals surface area contributed by atoms with Crippen LogP contribution in [0.15, 0.2) is 54.6 Å². The smallest absolute Gasteiger partial charge is 0.321 e. The van der Waals surface area contributed by atoms with Gasteiger partial charge in [-0.05, 0) is 61.4 Å². The van der Waals surface area contributed by atoms with Crippen LogP contribution in [-0.2, 0) is 0 Å². The minimum Gasteiger partial charge on any atom is -0.496 e. The lowest BCUT2D eigenvalue weighted by molar-refractivity contribution is 0.208. The second-order valence-corrected chi connectivity index (χ2v) is 7.68. The highest BCUT2D eigenvalue weighted by atomic mass is 16.5. The van der Waals surface area contributed by atoms with Gasteiger partial charge >= 0.3 is 6.03 Å². The number of ether oxygens (including phenoxy) is 1. The fourth-order valence-electron chi connectivity index (χ4n) is 3.65. The van der Waals surface area contributed by atoms with Crippen molar-refractivity contribution in [3.05, 3.63) is 65.7 Å². The van der Waals surface area contributed by atoms with E-state index in [9.17, 15) is 4.79 Å². The van der Waals surface area contributed by atoms with Crippen molar-refractivity contribution in [3.8, 4) is 17.0 Å². The highest BCUT2D eigenvalue weighted by molar-refractivity contribution is 5.89. The Labute approximate surface area is 182 Å². The number of piperazine rings is 1. The Balaban J connectivity index is 1.36. The zero-order chi connectivity index (χ0) is 21.8. The lowest BCUT2D eigenvalue weighted by Crippen LogP contribution is -2.50. The van der Waals surface area contributed by atoms with E-state index in [4.69, 9.17) is 4.74 Å². The summed E-state index contributed by atoms with van der Waals surface area (Å²) < 4.78 is 5.41. The number of amides is 2. The number of hydrogen-bond acceptors (Lipinski definition) is 5. The number of anilines is 2. The molecular weight excluding hydrogens is 390 g/mol. The molecule has 1 N–H and O–H groups in total. The molecule has 7 heteroatoms. The van der Waals surface area contributed by atoms with Crippen molar-refractivity contribution < 1.29 is 9.53 Å². The molecule has 0 atom stereocenters. The number of carbonyl (C=O) groups is 1. The second-order valence-electron chi connectivity index (χ2n) is 7.68. The third kappa shape index (κ3) is 4.60. The number of nitrogens with zero attached hydrogens (tertiary/aromatic N) is 4. The van der Waals surface area contributed by atoms with Crippen LogP contribution < -0.4 is 15.0 Å². The van der Waals surface area contributed by atoms with Gasteiger partial charge in [0.1, 0.15) is 5.75 Å². The predicted octanol–water partition coefficient (Wildman–Crippen LogP) is 4.12. The van der Waals surface area contributed by atoms with Crippen molar-refractivity contribution in [2.45, 2.75) is 13.8 Å². The van der Waals surface area contributed by atoms with Crippen molar-refractivity contribution in [3.63, 3.8) is 0 Å². The summed E-state index contributed by atoms with van der Waals surface area (Å²) in [5, 5.41) is 11.8. The molecule has 3 aromatic rings. The number of methoxy groups -OCH3 is 1. The Morgan fingerprint density at radius 3 is 2.39 bits per heavy atom. The quantitative estimate of drug-likeness (QED) is 0.691. The highest BCUT2D eigenvalue weighted by Gasteiger charge is 2.22. The third-order valence-corrected chi connectivity index (χ3v) is 5.68. The van der Waals surface area contributed by atoms with Crippen LogP contribution in [-0.4, -0.2) is 54.4 Å². The standard InChI is InChI=1S/C24H27N5O2/c1-17-8-9-19(16-18(17)2)25-24(30)29-14-12-28(13-15-29)23-11-10-21(26-27-23)20-6-4-5-7-22(20)31-3/h4-11,16H,12-15H2,1-3H3,(H,25,30). The Hall–Kier alpha value is -3.61. The van der Waals surface area contributed by atoms with Crippen molar-refractivity contribution in [2.24, 2.45) is 0 Å². The summed E-state index contributed by atoms with van der Waals surface area (Å²) in [6, 6.07) is 17.6. The fraction of sp³-hybridized carbons (Fsp3) is 0.292. The van der Waals surface area contributed by atoms with Crippen LogP contribution in [0.5, 0.6) is 5.75 Å². The maximum absolute atomic E-state index is 12.6. The summed E-state index contributed by atoms with van der Waals surface area (Å²) in [4.78, 5) is 16.6. The van der Waals surface area contributed by atoms with Gasteiger partial charge in [-0.15, -0.1) is 10.2 Å². The number of nitrogens with one attached hydrogen (secondary N) is 1. The van der Waals surface area contributed by atoms with E-state index in [-0.39, 0.29) is 6.03 Å². The topological polar surface area (TPSA) is 70.6 Å². The van der Waals surface area contributed by atoms with Gasteiger partial charge < -0.3 is 19.9 Å². The summed E-state index contributed by atoms with van der Waals surface area (Å²) in [5.41, 5.74) is 4.89. The highest BCUT2D eigenvalue weighted by Crippen LogP contribution is 2.28. The molecule has 2 amide bonds. The van der Waals surface area contributed by atoms with Gasteiger partial charge in [0.2, 0.25) is 0 Å². The average molecular weight is 418 g/mol. The first-order chi connectivity index (χ1) is 15.0. The van der Waals surface area contributed by atoms with Crippen LogP contribution in [0.2, 0.25) is 0 Å². The van der Waals surface area contributed by atoms with E-state index in [1.165, 1.54) is 5.56 Å². The van der Waals surface area contributed by atoms with Gasteiger partial charge in [0.05, 0.1) is 12.8 Å². The summed E-state index contributed by atoms with van der Waals surface area (Å²) in [6.07, 6.45) is 0. The summed E-state index contributed by atoms with van der Waals surface area (Å²) in [6.45, 7) is 6.79. The number of para-hydroxylation sites is 1. The van der Waals surface area contributed by atoms with E-state index in [0.29, 0.717) is 26.2 Å². The predicted molar refractivity (Wildman–Crippen MR) is 123 cm³/mol. The molecule has 1 aromatic heterocycles. The van der Waals surface area contributed by atoms with Crippen molar-refractivity contribution >= 4 is 17.5 Å². The summed E-state index contributed by atoms with van der Waals surface area (Å²) in [5.74, 6) is 1.58. The van der Waals surface area contributed by atoms with Crippen LogP contribution in [0.4, 0.5) is 16.3 Å².